The topological polar surface area (TPSA) is 91.2 Å². The zero-order valence-electron chi connectivity index (χ0n) is 14.6. The summed E-state index contributed by atoms with van der Waals surface area (Å²) < 4.78 is 2.37. The Hall–Kier alpha value is -3.74. The number of fused-ring (bicyclic) bond motifs is 3. The van der Waals surface area contributed by atoms with Crippen LogP contribution in [0, 0.1) is 20.2 Å². The molecule has 0 N–H and O–H groups in total. The molecular formula is C20H17N3O4. The van der Waals surface area contributed by atoms with Crippen LogP contribution in [0.2, 0.25) is 0 Å². The molecule has 0 unspecified atom stereocenters. The summed E-state index contributed by atoms with van der Waals surface area (Å²) in [5, 5.41) is 23.2. The second-order valence-corrected chi connectivity index (χ2v) is 5.78. The molecule has 27 heavy (non-hydrogen) atoms. The zero-order valence-corrected chi connectivity index (χ0v) is 14.6. The van der Waals surface area contributed by atoms with Crippen LogP contribution >= 0.6 is 0 Å². The highest BCUT2D eigenvalue weighted by atomic mass is 16.6. The Labute approximate surface area is 154 Å². The molecule has 0 aliphatic rings. The summed E-state index contributed by atoms with van der Waals surface area (Å²) in [5.74, 6) is 0. The van der Waals surface area contributed by atoms with Gasteiger partial charge < -0.3 is 4.57 Å². The first-order valence-electron chi connectivity index (χ1n) is 8.38. The zero-order chi connectivity index (χ0) is 19.4. The summed E-state index contributed by atoms with van der Waals surface area (Å²) in [5.41, 5.74) is 1.70. The average Bonchev–Trinajstić information content (AvgIpc) is 3.02. The van der Waals surface area contributed by atoms with Gasteiger partial charge in [-0.2, -0.15) is 0 Å². The van der Waals surface area contributed by atoms with Gasteiger partial charge in [-0.25, -0.2) is 0 Å². The van der Waals surface area contributed by atoms with E-state index in [1.165, 1.54) is 33.9 Å². The summed E-state index contributed by atoms with van der Waals surface area (Å²) in [6, 6.07) is 22.2. The van der Waals surface area contributed by atoms with E-state index < -0.39 is 21.2 Å². The molecule has 1 heterocycles. The quantitative estimate of drug-likeness (QED) is 0.364. The van der Waals surface area contributed by atoms with Crippen molar-refractivity contribution in [1.82, 2.24) is 4.57 Å². The van der Waals surface area contributed by atoms with Crippen LogP contribution in [0.5, 0.6) is 0 Å². The first-order chi connectivity index (χ1) is 13.0. The SMILES string of the molecule is CCn1c2ccccc2c2ccccc21.O=[N+]([O-])c1ccccc1[N+](=O)[O-]. The van der Waals surface area contributed by atoms with Crippen LogP contribution < -0.4 is 0 Å². The smallest absolute Gasteiger partial charge is 0.341 e. The van der Waals surface area contributed by atoms with Crippen LogP contribution in [0.4, 0.5) is 11.4 Å². The van der Waals surface area contributed by atoms with E-state index in [9.17, 15) is 20.2 Å². The van der Waals surface area contributed by atoms with Crippen LogP contribution in [0.25, 0.3) is 21.8 Å². The van der Waals surface area contributed by atoms with Gasteiger partial charge in [0, 0.05) is 40.5 Å². The molecule has 4 rings (SSSR count). The molecule has 0 aliphatic carbocycles. The van der Waals surface area contributed by atoms with Gasteiger partial charge in [0.1, 0.15) is 0 Å². The van der Waals surface area contributed by atoms with E-state index in [1.54, 1.807) is 0 Å². The van der Waals surface area contributed by atoms with Crippen molar-refractivity contribution in [3.63, 3.8) is 0 Å². The average molecular weight is 363 g/mol. The monoisotopic (exact) mass is 363 g/mol. The Morgan fingerprint density at radius 3 is 1.44 bits per heavy atom. The van der Waals surface area contributed by atoms with E-state index in [1.807, 2.05) is 0 Å². The molecule has 0 radical (unpaired) electrons. The third-order valence-electron chi connectivity index (χ3n) is 4.27. The van der Waals surface area contributed by atoms with E-state index in [4.69, 9.17) is 0 Å². The van der Waals surface area contributed by atoms with Crippen molar-refractivity contribution in [1.29, 1.82) is 0 Å². The maximum atomic E-state index is 10.2. The maximum Gasteiger partial charge on any atom is 0.346 e. The second kappa shape index (κ2) is 7.65. The number of nitro benzene ring substituents is 2. The molecule has 0 atom stereocenters. The standard InChI is InChI=1S/C14H13N.C6H4N2O4/c1-2-15-13-9-5-3-7-11(13)12-8-4-6-10-14(12)15;9-7(10)5-3-1-2-4-6(5)8(11)12/h3-10H,2H2,1H3;1-4H. The number of nitro groups is 2. The lowest BCUT2D eigenvalue weighted by Crippen LogP contribution is -1.95. The molecule has 0 spiro atoms. The Balaban J connectivity index is 0.000000161. The first-order valence-corrected chi connectivity index (χ1v) is 8.38. The molecule has 7 nitrogen and oxygen atoms in total. The highest BCUT2D eigenvalue weighted by Gasteiger charge is 2.21. The minimum absolute atomic E-state index is 0.484. The van der Waals surface area contributed by atoms with Gasteiger partial charge in [0.05, 0.1) is 9.85 Å². The lowest BCUT2D eigenvalue weighted by atomic mass is 10.2. The normalized spacial score (nSPS) is 10.4. The van der Waals surface area contributed by atoms with Gasteiger partial charge in [0.15, 0.2) is 0 Å². The van der Waals surface area contributed by atoms with Crippen LogP contribution in [0.1, 0.15) is 6.92 Å². The Morgan fingerprint density at radius 2 is 1.07 bits per heavy atom. The van der Waals surface area contributed by atoms with Crippen LogP contribution in [0.3, 0.4) is 0 Å². The molecule has 1 aromatic heterocycles. The number of aryl methyl sites for hydroxylation is 1. The van der Waals surface area contributed by atoms with Crippen LogP contribution in [-0.2, 0) is 6.54 Å². The van der Waals surface area contributed by atoms with Crippen molar-refractivity contribution in [2.45, 2.75) is 13.5 Å². The maximum absolute atomic E-state index is 10.2. The second-order valence-electron chi connectivity index (χ2n) is 5.78. The first kappa shape index (κ1) is 18.1. The Kier molecular flexibility index (Phi) is 5.12. The number of benzene rings is 3. The molecule has 136 valence electrons. The van der Waals surface area contributed by atoms with Crippen LogP contribution in [-0.4, -0.2) is 14.4 Å². The van der Waals surface area contributed by atoms with Crippen molar-refractivity contribution in [2.75, 3.05) is 0 Å². The van der Waals surface area contributed by atoms with Crippen LogP contribution in [0.15, 0.2) is 72.8 Å². The van der Waals surface area contributed by atoms with Gasteiger partial charge >= 0.3 is 11.4 Å². The lowest BCUT2D eigenvalue weighted by molar-refractivity contribution is -0.422. The Morgan fingerprint density at radius 1 is 0.704 bits per heavy atom. The van der Waals surface area contributed by atoms with Gasteiger partial charge in [-0.05, 0) is 19.1 Å². The number of hydrogen-bond donors (Lipinski definition) is 0. The summed E-state index contributed by atoms with van der Waals surface area (Å²) in [7, 11) is 0. The predicted octanol–water partition coefficient (Wildman–Crippen LogP) is 5.32. The summed E-state index contributed by atoms with van der Waals surface area (Å²) in [6.45, 7) is 3.22. The molecule has 0 bridgehead atoms. The highest BCUT2D eigenvalue weighted by Crippen LogP contribution is 2.28. The van der Waals surface area contributed by atoms with Gasteiger partial charge in [0.2, 0.25) is 0 Å². The van der Waals surface area contributed by atoms with Crippen molar-refractivity contribution >= 4 is 33.2 Å². The number of rotatable bonds is 3. The van der Waals surface area contributed by atoms with Gasteiger partial charge in [-0.15, -0.1) is 0 Å². The number of aromatic nitrogens is 1. The summed E-state index contributed by atoms with van der Waals surface area (Å²) >= 11 is 0. The highest BCUT2D eigenvalue weighted by molar-refractivity contribution is 6.07. The van der Waals surface area contributed by atoms with E-state index in [0.717, 1.165) is 18.7 Å². The minimum atomic E-state index is -0.780. The third-order valence-corrected chi connectivity index (χ3v) is 4.27. The number of hydrogen-bond acceptors (Lipinski definition) is 4. The number of nitrogens with zero attached hydrogens (tertiary/aromatic N) is 3. The molecular weight excluding hydrogens is 346 g/mol. The van der Waals surface area contributed by atoms with Gasteiger partial charge in [0.25, 0.3) is 0 Å². The lowest BCUT2D eigenvalue weighted by Gasteiger charge is -2.01. The van der Waals surface area contributed by atoms with E-state index in [2.05, 4.69) is 60.0 Å². The summed E-state index contributed by atoms with van der Waals surface area (Å²) in [6.07, 6.45) is 0. The fourth-order valence-electron chi connectivity index (χ4n) is 3.12. The molecule has 0 saturated heterocycles. The van der Waals surface area contributed by atoms with E-state index in [0.29, 0.717) is 0 Å². The van der Waals surface area contributed by atoms with Crippen molar-refractivity contribution < 1.29 is 9.85 Å². The van der Waals surface area contributed by atoms with Crippen molar-refractivity contribution in [3.05, 3.63) is 93.0 Å². The summed E-state index contributed by atoms with van der Waals surface area (Å²) in [4.78, 5) is 18.9. The fraction of sp³-hybridized carbons (Fsp3) is 0.100. The van der Waals surface area contributed by atoms with Crippen molar-refractivity contribution in [3.8, 4) is 0 Å². The molecule has 0 aliphatic heterocycles. The third kappa shape index (κ3) is 3.48. The number of para-hydroxylation sites is 4. The predicted molar refractivity (Wildman–Crippen MR) is 105 cm³/mol. The van der Waals surface area contributed by atoms with Crippen molar-refractivity contribution in [2.24, 2.45) is 0 Å². The van der Waals surface area contributed by atoms with E-state index >= 15 is 0 Å². The largest absolute Gasteiger partial charge is 0.346 e. The van der Waals surface area contributed by atoms with Gasteiger partial charge in [-0.1, -0.05) is 48.5 Å². The molecule has 3 aromatic carbocycles. The van der Waals surface area contributed by atoms with Gasteiger partial charge in [-0.3, -0.25) is 20.2 Å². The molecule has 0 amide bonds. The molecule has 4 aromatic rings. The van der Waals surface area contributed by atoms with E-state index in [-0.39, 0.29) is 0 Å². The molecule has 0 fully saturated rings. The fourth-order valence-corrected chi connectivity index (χ4v) is 3.12. The minimum Gasteiger partial charge on any atom is -0.341 e. The molecule has 7 heteroatoms. The molecule has 0 saturated carbocycles. The Bertz CT molecular complexity index is 1050.